The van der Waals surface area contributed by atoms with E-state index in [0.717, 1.165) is 5.52 Å². The third-order valence-corrected chi connectivity index (χ3v) is 4.80. The van der Waals surface area contributed by atoms with Crippen LogP contribution in [0.1, 0.15) is 23.8 Å². The molecule has 2 aromatic carbocycles. The molecule has 0 atom stereocenters. The van der Waals surface area contributed by atoms with Gasteiger partial charge in [-0.2, -0.15) is 5.10 Å². The Labute approximate surface area is 165 Å². The maximum atomic E-state index is 12.8. The Morgan fingerprint density at radius 3 is 2.45 bits per heavy atom. The molecule has 0 spiro atoms. The van der Waals surface area contributed by atoms with E-state index >= 15 is 0 Å². The zero-order valence-corrected chi connectivity index (χ0v) is 16.0. The highest BCUT2D eigenvalue weighted by Crippen LogP contribution is 2.37. The normalized spacial score (nSPS) is 11.7. The van der Waals surface area contributed by atoms with Crippen molar-refractivity contribution in [2.75, 3.05) is 0 Å². The van der Waals surface area contributed by atoms with Gasteiger partial charge >= 0.3 is 5.91 Å². The van der Waals surface area contributed by atoms with Crippen molar-refractivity contribution < 1.29 is 9.90 Å². The van der Waals surface area contributed by atoms with E-state index in [4.69, 9.17) is 0 Å². The van der Waals surface area contributed by atoms with Gasteiger partial charge in [0.05, 0.1) is 10.9 Å². The number of carbonyl (C=O) groups is 1. The lowest BCUT2D eigenvalue weighted by molar-refractivity contribution is 0.0989. The van der Waals surface area contributed by atoms with Crippen molar-refractivity contribution in [2.45, 2.75) is 19.9 Å². The van der Waals surface area contributed by atoms with E-state index < -0.39 is 5.91 Å². The van der Waals surface area contributed by atoms with Crippen LogP contribution in [0.25, 0.3) is 21.7 Å². The quantitative estimate of drug-likeness (QED) is 0.534. The van der Waals surface area contributed by atoms with Crippen LogP contribution in [-0.4, -0.2) is 25.4 Å². The van der Waals surface area contributed by atoms with Crippen molar-refractivity contribution in [3.8, 4) is 5.88 Å². The number of hydrogen-bond acceptors (Lipinski definition) is 5. The van der Waals surface area contributed by atoms with E-state index in [2.05, 4.69) is 15.3 Å². The zero-order chi connectivity index (χ0) is 20.5. The van der Waals surface area contributed by atoms with Crippen molar-refractivity contribution >= 4 is 33.3 Å². The predicted octanol–water partition coefficient (Wildman–Crippen LogP) is 3.93. The monoisotopic (exact) mass is 389 g/mol. The molecule has 0 fully saturated rings. The molecule has 0 unspecified atom stereocenters. The molecule has 2 aromatic heterocycles. The van der Waals surface area contributed by atoms with Gasteiger partial charge in [-0.1, -0.05) is 43.3 Å². The molecule has 0 saturated carbocycles. The van der Waals surface area contributed by atoms with Crippen LogP contribution in [-0.2, 0) is 13.6 Å². The molecular weight excluding hydrogens is 370 g/mol. The molecule has 1 amide bonds. The highest BCUT2D eigenvalue weighted by atomic mass is 16.3. The summed E-state index contributed by atoms with van der Waals surface area (Å²) in [5.41, 5.74) is 0.786. The second-order valence-corrected chi connectivity index (χ2v) is 6.68. The lowest BCUT2D eigenvalue weighted by atomic mass is 10.1. The van der Waals surface area contributed by atoms with E-state index in [9.17, 15) is 14.7 Å². The molecule has 0 aliphatic carbocycles. The standard InChI is InChI=1S/C21H19N5O3/c1-3-12-26-20(28)14-9-5-4-8-13(14)17(24-26)19(27)23-22-18-15-10-6-7-11-16(15)25(2)21(18)29/h4-11,29H,3,12H2,1-2H3. The van der Waals surface area contributed by atoms with Crippen LogP contribution < -0.4 is 5.56 Å². The average Bonchev–Trinajstić information content (AvgIpc) is 2.99. The summed E-state index contributed by atoms with van der Waals surface area (Å²) in [4.78, 5) is 25.4. The number of aromatic nitrogens is 3. The highest BCUT2D eigenvalue weighted by Gasteiger charge is 2.18. The predicted molar refractivity (Wildman–Crippen MR) is 110 cm³/mol. The SMILES string of the molecule is CCCn1nc(C(=O)N=Nc2c(O)n(C)c3ccccc23)c2ccccc2c1=O. The van der Waals surface area contributed by atoms with Gasteiger partial charge in [-0.3, -0.25) is 9.59 Å². The lowest BCUT2D eigenvalue weighted by Crippen LogP contribution is -2.25. The summed E-state index contributed by atoms with van der Waals surface area (Å²) < 4.78 is 2.85. The molecule has 4 rings (SSSR count). The maximum absolute atomic E-state index is 12.8. The summed E-state index contributed by atoms with van der Waals surface area (Å²) in [5, 5.41) is 23.9. The number of hydrogen-bond donors (Lipinski definition) is 1. The molecule has 1 N–H and O–H groups in total. The fourth-order valence-corrected chi connectivity index (χ4v) is 3.36. The zero-order valence-electron chi connectivity index (χ0n) is 16.0. The van der Waals surface area contributed by atoms with E-state index in [0.29, 0.717) is 29.1 Å². The second-order valence-electron chi connectivity index (χ2n) is 6.68. The Kier molecular flexibility index (Phi) is 4.67. The van der Waals surface area contributed by atoms with Crippen LogP contribution in [0.5, 0.6) is 5.88 Å². The minimum absolute atomic E-state index is 0.0529. The number of azo groups is 1. The Hall–Kier alpha value is -3.81. The molecule has 0 aliphatic rings. The smallest absolute Gasteiger partial charge is 0.316 e. The van der Waals surface area contributed by atoms with Gasteiger partial charge in [-0.05, 0) is 18.6 Å². The van der Waals surface area contributed by atoms with Gasteiger partial charge in [0.1, 0.15) is 0 Å². The first-order valence-corrected chi connectivity index (χ1v) is 9.25. The molecule has 8 nitrogen and oxygen atoms in total. The molecule has 29 heavy (non-hydrogen) atoms. The average molecular weight is 389 g/mol. The van der Waals surface area contributed by atoms with Crippen LogP contribution in [0.3, 0.4) is 0 Å². The Bertz CT molecular complexity index is 1330. The van der Waals surface area contributed by atoms with Gasteiger partial charge in [0.15, 0.2) is 11.4 Å². The van der Waals surface area contributed by atoms with E-state index in [1.165, 1.54) is 4.68 Å². The minimum Gasteiger partial charge on any atom is -0.493 e. The fourth-order valence-electron chi connectivity index (χ4n) is 3.36. The van der Waals surface area contributed by atoms with Crippen molar-refractivity contribution in [2.24, 2.45) is 17.3 Å². The van der Waals surface area contributed by atoms with E-state index in [1.807, 2.05) is 25.1 Å². The second kappa shape index (κ2) is 7.31. The van der Waals surface area contributed by atoms with Crippen LogP contribution in [0.2, 0.25) is 0 Å². The summed E-state index contributed by atoms with van der Waals surface area (Å²) >= 11 is 0. The van der Waals surface area contributed by atoms with E-state index in [-0.39, 0.29) is 22.8 Å². The first-order chi connectivity index (χ1) is 14.0. The van der Waals surface area contributed by atoms with Gasteiger partial charge in [-0.15, -0.1) is 10.2 Å². The van der Waals surface area contributed by atoms with Gasteiger partial charge in [0, 0.05) is 24.4 Å². The molecule has 2 heterocycles. The lowest BCUT2D eigenvalue weighted by Gasteiger charge is -2.07. The van der Waals surface area contributed by atoms with Gasteiger partial charge in [0.25, 0.3) is 5.56 Å². The van der Waals surface area contributed by atoms with Crippen LogP contribution in [0.15, 0.2) is 63.6 Å². The molecule has 4 aromatic rings. The first-order valence-electron chi connectivity index (χ1n) is 9.25. The third-order valence-electron chi connectivity index (χ3n) is 4.80. The van der Waals surface area contributed by atoms with Crippen LogP contribution >= 0.6 is 0 Å². The van der Waals surface area contributed by atoms with Gasteiger partial charge in [-0.25, -0.2) is 4.68 Å². The number of fused-ring (bicyclic) bond motifs is 2. The first kappa shape index (κ1) is 18.5. The van der Waals surface area contributed by atoms with Gasteiger partial charge in [0.2, 0.25) is 5.88 Å². The molecule has 0 saturated heterocycles. The highest BCUT2D eigenvalue weighted by molar-refractivity contribution is 6.05. The summed E-state index contributed by atoms with van der Waals surface area (Å²) in [7, 11) is 1.70. The summed E-state index contributed by atoms with van der Waals surface area (Å²) in [6, 6.07) is 14.1. The number of rotatable bonds is 4. The van der Waals surface area contributed by atoms with E-state index in [1.54, 1.807) is 41.9 Å². The van der Waals surface area contributed by atoms with Crippen molar-refractivity contribution in [3.63, 3.8) is 0 Å². The number of nitrogens with zero attached hydrogens (tertiary/aromatic N) is 5. The molecule has 146 valence electrons. The minimum atomic E-state index is -0.682. The summed E-state index contributed by atoms with van der Waals surface area (Å²) in [5.74, 6) is -0.769. The van der Waals surface area contributed by atoms with Crippen molar-refractivity contribution in [3.05, 3.63) is 64.6 Å². The van der Waals surface area contributed by atoms with Crippen molar-refractivity contribution in [1.82, 2.24) is 14.3 Å². The third kappa shape index (κ3) is 3.08. The maximum Gasteiger partial charge on any atom is 0.316 e. The number of aromatic hydroxyl groups is 1. The molecular formula is C21H19N5O3. The molecule has 0 aliphatic heterocycles. The number of para-hydroxylation sites is 1. The molecule has 0 bridgehead atoms. The molecule has 0 radical (unpaired) electrons. The van der Waals surface area contributed by atoms with Crippen molar-refractivity contribution in [1.29, 1.82) is 0 Å². The Morgan fingerprint density at radius 1 is 1.07 bits per heavy atom. The number of aryl methyl sites for hydroxylation is 2. The summed E-state index contributed by atoms with van der Waals surface area (Å²) in [6.45, 7) is 2.32. The number of benzene rings is 2. The largest absolute Gasteiger partial charge is 0.493 e. The van der Waals surface area contributed by atoms with Crippen LogP contribution in [0.4, 0.5) is 5.69 Å². The molecule has 8 heteroatoms. The van der Waals surface area contributed by atoms with Crippen LogP contribution in [0, 0.1) is 0 Å². The Balaban J connectivity index is 1.82. The summed E-state index contributed by atoms with van der Waals surface area (Å²) in [6.07, 6.45) is 0.699. The fraction of sp³-hybridized carbons (Fsp3) is 0.190. The van der Waals surface area contributed by atoms with Gasteiger partial charge < -0.3 is 9.67 Å². The topological polar surface area (TPSA) is 102 Å². The Morgan fingerprint density at radius 2 is 1.72 bits per heavy atom. The number of amides is 1. The number of carbonyl (C=O) groups excluding carboxylic acids is 1.